The summed E-state index contributed by atoms with van der Waals surface area (Å²) in [4.78, 5) is 0. The number of benzene rings is 2. The van der Waals surface area contributed by atoms with E-state index >= 15 is 0 Å². The molecule has 6 heteroatoms. The number of H-pyrrole nitrogens is 1. The van der Waals surface area contributed by atoms with Crippen molar-refractivity contribution in [3.05, 3.63) is 66.6 Å². The van der Waals surface area contributed by atoms with Crippen molar-refractivity contribution >= 4 is 0 Å². The highest BCUT2D eigenvalue weighted by molar-refractivity contribution is 5.69. The van der Waals surface area contributed by atoms with E-state index in [9.17, 15) is 0 Å². The van der Waals surface area contributed by atoms with E-state index < -0.39 is 0 Å². The number of nitrogens with zero attached hydrogens (tertiary/aromatic N) is 5. The summed E-state index contributed by atoms with van der Waals surface area (Å²) in [5, 5.41) is 18.5. The van der Waals surface area contributed by atoms with Crippen molar-refractivity contribution in [2.45, 2.75) is 6.92 Å². The fourth-order valence-corrected chi connectivity index (χ4v) is 2.51. The maximum absolute atomic E-state index is 4.09. The Kier molecular flexibility index (Phi) is 3.20. The lowest BCUT2D eigenvalue weighted by Gasteiger charge is -2.06. The molecule has 0 aliphatic carbocycles. The molecule has 2 aromatic carbocycles. The largest absolute Gasteiger partial charge is 0.218 e. The summed E-state index contributed by atoms with van der Waals surface area (Å²) < 4.78 is 1.82. The lowest BCUT2D eigenvalue weighted by Crippen LogP contribution is -1.98. The Morgan fingerprint density at radius 3 is 2.04 bits per heavy atom. The smallest absolute Gasteiger partial charge is 0.112 e. The van der Waals surface area contributed by atoms with Crippen LogP contribution in [0.4, 0.5) is 0 Å². The Balaban J connectivity index is 1.62. The minimum Gasteiger partial charge on any atom is -0.218 e. The van der Waals surface area contributed by atoms with E-state index in [1.807, 2.05) is 35.9 Å². The summed E-state index contributed by atoms with van der Waals surface area (Å²) in [6.45, 7) is 1.98. The van der Waals surface area contributed by atoms with Gasteiger partial charge in [-0.1, -0.05) is 41.6 Å². The minimum absolute atomic E-state index is 0.841. The molecule has 4 rings (SSSR count). The molecule has 0 saturated heterocycles. The zero-order valence-corrected chi connectivity index (χ0v) is 12.5. The van der Waals surface area contributed by atoms with Crippen molar-refractivity contribution < 1.29 is 0 Å². The molecule has 0 spiro atoms. The first kappa shape index (κ1) is 13.4. The molecule has 23 heavy (non-hydrogen) atoms. The van der Waals surface area contributed by atoms with Gasteiger partial charge in [-0.3, -0.25) is 0 Å². The quantitative estimate of drug-likeness (QED) is 0.631. The van der Waals surface area contributed by atoms with Gasteiger partial charge in [0.2, 0.25) is 0 Å². The SMILES string of the molecule is Cc1cnnn1-c1ccc(-c2ccc(-c3cn[nH]n3)cc2)cc1. The second-order valence-corrected chi connectivity index (χ2v) is 5.27. The Labute approximate surface area is 132 Å². The molecule has 0 radical (unpaired) electrons. The summed E-state index contributed by atoms with van der Waals surface area (Å²) in [5.74, 6) is 0. The van der Waals surface area contributed by atoms with Crippen LogP contribution in [0.2, 0.25) is 0 Å². The van der Waals surface area contributed by atoms with Crippen molar-refractivity contribution in [3.63, 3.8) is 0 Å². The van der Waals surface area contributed by atoms with E-state index in [0.29, 0.717) is 0 Å². The van der Waals surface area contributed by atoms with Crippen molar-refractivity contribution in [3.8, 4) is 28.1 Å². The molecule has 0 aliphatic heterocycles. The standard InChI is InChI=1S/C17H14N6/c1-12-10-19-22-23(12)16-8-6-14(7-9-16)13-2-4-15(5-3-13)17-11-18-21-20-17/h2-11H,1H3,(H,18,20,21). The molecule has 1 N–H and O–H groups in total. The van der Waals surface area contributed by atoms with Crippen LogP contribution < -0.4 is 0 Å². The van der Waals surface area contributed by atoms with E-state index in [2.05, 4.69) is 50.0 Å². The molecule has 0 fully saturated rings. The molecule has 0 unspecified atom stereocenters. The zero-order valence-electron chi connectivity index (χ0n) is 12.5. The van der Waals surface area contributed by atoms with Crippen molar-refractivity contribution in [1.29, 1.82) is 0 Å². The van der Waals surface area contributed by atoms with Crippen LogP contribution in [0.1, 0.15) is 5.69 Å². The van der Waals surface area contributed by atoms with Crippen molar-refractivity contribution in [1.82, 2.24) is 30.4 Å². The number of aromatic nitrogens is 6. The highest BCUT2D eigenvalue weighted by Crippen LogP contribution is 2.24. The molecular weight excluding hydrogens is 288 g/mol. The number of hydrogen-bond acceptors (Lipinski definition) is 4. The Hall–Kier alpha value is -3.28. The van der Waals surface area contributed by atoms with Crippen LogP contribution in [0.5, 0.6) is 0 Å². The molecule has 6 nitrogen and oxygen atoms in total. The summed E-state index contributed by atoms with van der Waals surface area (Å²) in [7, 11) is 0. The van der Waals surface area contributed by atoms with E-state index in [4.69, 9.17) is 0 Å². The van der Waals surface area contributed by atoms with Crippen molar-refractivity contribution in [2.75, 3.05) is 0 Å². The highest BCUT2D eigenvalue weighted by Gasteiger charge is 2.04. The first-order chi connectivity index (χ1) is 11.3. The van der Waals surface area contributed by atoms with Gasteiger partial charge < -0.3 is 0 Å². The highest BCUT2D eigenvalue weighted by atomic mass is 15.4. The topological polar surface area (TPSA) is 72.3 Å². The molecular formula is C17H14N6. The van der Waals surface area contributed by atoms with Crippen molar-refractivity contribution in [2.24, 2.45) is 0 Å². The van der Waals surface area contributed by atoms with Crippen LogP contribution in [0.15, 0.2) is 60.9 Å². The van der Waals surface area contributed by atoms with Gasteiger partial charge in [-0.25, -0.2) is 4.68 Å². The number of rotatable bonds is 3. The number of nitrogens with one attached hydrogen (secondary N) is 1. The zero-order chi connectivity index (χ0) is 15.6. The van der Waals surface area contributed by atoms with Gasteiger partial charge in [0.25, 0.3) is 0 Å². The van der Waals surface area contributed by atoms with Crippen LogP contribution in [-0.4, -0.2) is 30.4 Å². The predicted molar refractivity (Wildman–Crippen MR) is 86.9 cm³/mol. The lowest BCUT2D eigenvalue weighted by molar-refractivity contribution is 0.785. The maximum Gasteiger partial charge on any atom is 0.112 e. The van der Waals surface area contributed by atoms with Gasteiger partial charge in [0.1, 0.15) is 5.69 Å². The lowest BCUT2D eigenvalue weighted by atomic mass is 10.0. The van der Waals surface area contributed by atoms with Crippen LogP contribution in [0, 0.1) is 6.92 Å². The monoisotopic (exact) mass is 302 g/mol. The third-order valence-electron chi connectivity index (χ3n) is 3.76. The van der Waals surface area contributed by atoms with Gasteiger partial charge in [0, 0.05) is 5.56 Å². The predicted octanol–water partition coefficient (Wildman–Crippen LogP) is 3.03. The molecule has 4 aromatic rings. The van der Waals surface area contributed by atoms with Crippen LogP contribution in [-0.2, 0) is 0 Å². The fraction of sp³-hybridized carbons (Fsp3) is 0.0588. The Morgan fingerprint density at radius 2 is 1.48 bits per heavy atom. The number of hydrogen-bond donors (Lipinski definition) is 1. The third-order valence-corrected chi connectivity index (χ3v) is 3.76. The molecule has 2 aromatic heterocycles. The summed E-state index contributed by atoms with van der Waals surface area (Å²) in [5.41, 5.74) is 6.20. The van der Waals surface area contributed by atoms with E-state index in [1.165, 1.54) is 0 Å². The van der Waals surface area contributed by atoms with Gasteiger partial charge in [0.05, 0.1) is 23.8 Å². The molecule has 112 valence electrons. The molecule has 0 amide bonds. The van der Waals surface area contributed by atoms with Gasteiger partial charge in [-0.15, -0.1) is 5.10 Å². The number of aromatic amines is 1. The summed E-state index contributed by atoms with van der Waals surface area (Å²) in [6, 6.07) is 16.5. The molecule has 2 heterocycles. The molecule has 0 atom stereocenters. The summed E-state index contributed by atoms with van der Waals surface area (Å²) in [6.07, 6.45) is 3.46. The first-order valence-corrected chi connectivity index (χ1v) is 7.25. The van der Waals surface area contributed by atoms with Crippen LogP contribution >= 0.6 is 0 Å². The van der Waals surface area contributed by atoms with E-state index in [0.717, 1.165) is 33.8 Å². The Morgan fingerprint density at radius 1 is 0.826 bits per heavy atom. The maximum atomic E-state index is 4.09. The summed E-state index contributed by atoms with van der Waals surface area (Å²) >= 11 is 0. The Bertz CT molecular complexity index is 905. The normalized spacial score (nSPS) is 10.8. The third kappa shape index (κ3) is 2.50. The van der Waals surface area contributed by atoms with Gasteiger partial charge in [-0.2, -0.15) is 15.4 Å². The molecule has 0 bridgehead atoms. The molecule has 0 saturated carbocycles. The minimum atomic E-state index is 0.841. The average Bonchev–Trinajstić information content (AvgIpc) is 3.27. The second kappa shape index (κ2) is 5.49. The second-order valence-electron chi connectivity index (χ2n) is 5.27. The first-order valence-electron chi connectivity index (χ1n) is 7.25. The van der Waals surface area contributed by atoms with Crippen LogP contribution in [0.3, 0.4) is 0 Å². The van der Waals surface area contributed by atoms with Crippen LogP contribution in [0.25, 0.3) is 28.1 Å². The van der Waals surface area contributed by atoms with Gasteiger partial charge in [0.15, 0.2) is 0 Å². The van der Waals surface area contributed by atoms with E-state index in [-0.39, 0.29) is 0 Å². The number of aryl methyl sites for hydroxylation is 1. The molecule has 0 aliphatic rings. The fourth-order valence-electron chi connectivity index (χ4n) is 2.51. The van der Waals surface area contributed by atoms with Gasteiger partial charge >= 0.3 is 0 Å². The van der Waals surface area contributed by atoms with Gasteiger partial charge in [-0.05, 0) is 30.2 Å². The average molecular weight is 302 g/mol. The van der Waals surface area contributed by atoms with E-state index in [1.54, 1.807) is 12.4 Å².